The minimum atomic E-state index is -0.0107. The van der Waals surface area contributed by atoms with Crippen LogP contribution in [0.25, 0.3) is 0 Å². The van der Waals surface area contributed by atoms with Gasteiger partial charge in [0.05, 0.1) is 12.2 Å². The van der Waals surface area contributed by atoms with Crippen molar-refractivity contribution in [3.8, 4) is 0 Å². The van der Waals surface area contributed by atoms with E-state index >= 15 is 0 Å². The molecular formula is C10H17ClN4OS. The fourth-order valence-corrected chi connectivity index (χ4v) is 2.48. The van der Waals surface area contributed by atoms with Crippen LogP contribution in [0.4, 0.5) is 5.13 Å². The van der Waals surface area contributed by atoms with Crippen molar-refractivity contribution in [3.05, 3.63) is 11.1 Å². The number of thiazole rings is 1. The van der Waals surface area contributed by atoms with Gasteiger partial charge in [-0.05, 0) is 13.3 Å². The lowest BCUT2D eigenvalue weighted by molar-refractivity contribution is -0.117. The number of rotatable bonds is 3. The van der Waals surface area contributed by atoms with E-state index in [1.807, 2.05) is 12.3 Å². The number of nitrogens with two attached hydrogens (primary N) is 1. The zero-order valence-corrected chi connectivity index (χ0v) is 11.3. The second-order valence-corrected chi connectivity index (χ2v) is 4.98. The summed E-state index contributed by atoms with van der Waals surface area (Å²) in [4.78, 5) is 17.9. The minimum absolute atomic E-state index is 0. The van der Waals surface area contributed by atoms with Gasteiger partial charge in [-0.1, -0.05) is 0 Å². The second-order valence-electron chi connectivity index (χ2n) is 4.13. The molecular weight excluding hydrogens is 260 g/mol. The first-order chi connectivity index (χ1) is 7.63. The number of aromatic nitrogens is 1. The number of aryl methyl sites for hydroxylation is 1. The lowest BCUT2D eigenvalue weighted by Gasteiger charge is -2.13. The molecule has 7 heteroatoms. The molecule has 1 aliphatic rings. The molecule has 96 valence electrons. The predicted molar refractivity (Wildman–Crippen MR) is 71.8 cm³/mol. The molecule has 0 aliphatic carbocycles. The lowest BCUT2D eigenvalue weighted by Crippen LogP contribution is -2.33. The topological polar surface area (TPSA) is 71.2 Å². The largest absolute Gasteiger partial charge is 0.326 e. The van der Waals surface area contributed by atoms with Gasteiger partial charge in [0.2, 0.25) is 5.91 Å². The van der Waals surface area contributed by atoms with E-state index in [9.17, 15) is 4.79 Å². The number of anilines is 1. The third-order valence-corrected chi connectivity index (χ3v) is 3.42. The molecule has 1 aromatic rings. The Bertz CT molecular complexity index is 384. The number of amides is 1. The molecule has 2 heterocycles. The van der Waals surface area contributed by atoms with E-state index < -0.39 is 0 Å². The van der Waals surface area contributed by atoms with E-state index in [0.29, 0.717) is 11.7 Å². The summed E-state index contributed by atoms with van der Waals surface area (Å²) in [7, 11) is 0. The van der Waals surface area contributed by atoms with Gasteiger partial charge in [0, 0.05) is 24.5 Å². The van der Waals surface area contributed by atoms with Gasteiger partial charge < -0.3 is 11.1 Å². The maximum absolute atomic E-state index is 11.7. The van der Waals surface area contributed by atoms with E-state index in [2.05, 4.69) is 15.2 Å². The first-order valence-electron chi connectivity index (χ1n) is 5.33. The van der Waals surface area contributed by atoms with Gasteiger partial charge in [-0.15, -0.1) is 23.7 Å². The summed E-state index contributed by atoms with van der Waals surface area (Å²) in [5, 5.41) is 5.38. The summed E-state index contributed by atoms with van der Waals surface area (Å²) in [6.07, 6.45) is 0.976. The van der Waals surface area contributed by atoms with Crippen molar-refractivity contribution < 1.29 is 4.79 Å². The number of likely N-dealkylation sites (tertiary alicyclic amines) is 1. The molecule has 0 saturated carbocycles. The summed E-state index contributed by atoms with van der Waals surface area (Å²) in [5.74, 6) is -0.0107. The summed E-state index contributed by atoms with van der Waals surface area (Å²) >= 11 is 1.45. The Hall–Kier alpha value is -0.690. The quantitative estimate of drug-likeness (QED) is 0.858. The molecule has 3 N–H and O–H groups in total. The molecule has 1 unspecified atom stereocenters. The Kier molecular flexibility index (Phi) is 5.32. The molecule has 0 bridgehead atoms. The van der Waals surface area contributed by atoms with Crippen LogP contribution in [0.3, 0.4) is 0 Å². The van der Waals surface area contributed by atoms with Gasteiger partial charge in [-0.25, -0.2) is 4.98 Å². The third-order valence-electron chi connectivity index (χ3n) is 2.54. The molecule has 2 rings (SSSR count). The average Bonchev–Trinajstić information content (AvgIpc) is 2.76. The molecule has 0 spiro atoms. The summed E-state index contributed by atoms with van der Waals surface area (Å²) in [6, 6.07) is 0.218. The van der Waals surface area contributed by atoms with Crippen molar-refractivity contribution in [1.82, 2.24) is 9.88 Å². The Morgan fingerprint density at radius 3 is 3.06 bits per heavy atom. The van der Waals surface area contributed by atoms with Gasteiger partial charge in [-0.2, -0.15) is 0 Å². The number of halogens is 1. The fourth-order valence-electron chi connectivity index (χ4n) is 1.78. The van der Waals surface area contributed by atoms with Crippen LogP contribution in [-0.4, -0.2) is 41.5 Å². The predicted octanol–water partition coefficient (Wildman–Crippen LogP) is 0.845. The van der Waals surface area contributed by atoms with Crippen molar-refractivity contribution in [1.29, 1.82) is 0 Å². The van der Waals surface area contributed by atoms with E-state index in [4.69, 9.17) is 5.73 Å². The average molecular weight is 277 g/mol. The number of carbonyl (C=O) groups excluding carboxylic acids is 1. The Labute approximate surface area is 111 Å². The van der Waals surface area contributed by atoms with Crippen molar-refractivity contribution in [2.75, 3.05) is 25.0 Å². The standard InChI is InChI=1S/C10H16N4OS.ClH/c1-7-6-16-10(12-7)13-9(15)5-14-3-2-8(11)4-14;/h6,8H,2-5,11H2,1H3,(H,12,13,15);1H. The molecule has 1 amide bonds. The number of hydrogen-bond acceptors (Lipinski definition) is 5. The first-order valence-corrected chi connectivity index (χ1v) is 6.21. The Morgan fingerprint density at radius 2 is 2.53 bits per heavy atom. The maximum atomic E-state index is 11.7. The SMILES string of the molecule is Cc1csc(NC(=O)CN2CCC(N)C2)n1.Cl. The fraction of sp³-hybridized carbons (Fsp3) is 0.600. The number of carbonyl (C=O) groups is 1. The van der Waals surface area contributed by atoms with Crippen LogP contribution < -0.4 is 11.1 Å². The third kappa shape index (κ3) is 4.23. The maximum Gasteiger partial charge on any atom is 0.240 e. The summed E-state index contributed by atoms with van der Waals surface area (Å²) in [6.45, 7) is 4.04. The van der Waals surface area contributed by atoms with E-state index in [-0.39, 0.29) is 24.4 Å². The highest BCUT2D eigenvalue weighted by atomic mass is 35.5. The number of nitrogens with zero attached hydrogens (tertiary/aromatic N) is 2. The monoisotopic (exact) mass is 276 g/mol. The second kappa shape index (κ2) is 6.30. The van der Waals surface area contributed by atoms with Gasteiger partial charge >= 0.3 is 0 Å². The number of hydrogen-bond donors (Lipinski definition) is 2. The van der Waals surface area contributed by atoms with E-state index in [1.54, 1.807) is 0 Å². The van der Waals surface area contributed by atoms with Crippen LogP contribution in [0.15, 0.2) is 5.38 Å². The van der Waals surface area contributed by atoms with Crippen LogP contribution in [0.1, 0.15) is 12.1 Å². The van der Waals surface area contributed by atoms with Crippen molar-refractivity contribution >= 4 is 34.8 Å². The molecule has 1 aliphatic heterocycles. The highest BCUT2D eigenvalue weighted by Crippen LogP contribution is 2.14. The van der Waals surface area contributed by atoms with Crippen molar-refractivity contribution in [2.45, 2.75) is 19.4 Å². The molecule has 5 nitrogen and oxygen atoms in total. The van der Waals surface area contributed by atoms with E-state index in [1.165, 1.54) is 11.3 Å². The first kappa shape index (κ1) is 14.4. The molecule has 1 fully saturated rings. The molecule has 1 saturated heterocycles. The zero-order chi connectivity index (χ0) is 11.5. The Balaban J connectivity index is 0.00000144. The molecule has 1 aromatic heterocycles. The van der Waals surface area contributed by atoms with Crippen LogP contribution in [0.2, 0.25) is 0 Å². The minimum Gasteiger partial charge on any atom is -0.326 e. The van der Waals surface area contributed by atoms with Crippen LogP contribution in [0.5, 0.6) is 0 Å². The smallest absolute Gasteiger partial charge is 0.240 e. The van der Waals surface area contributed by atoms with Crippen LogP contribution in [-0.2, 0) is 4.79 Å². The highest BCUT2D eigenvalue weighted by molar-refractivity contribution is 7.13. The van der Waals surface area contributed by atoms with Gasteiger partial charge in [0.25, 0.3) is 0 Å². The van der Waals surface area contributed by atoms with Crippen LogP contribution >= 0.6 is 23.7 Å². The number of nitrogens with one attached hydrogen (secondary N) is 1. The molecule has 17 heavy (non-hydrogen) atoms. The van der Waals surface area contributed by atoms with Crippen molar-refractivity contribution in [3.63, 3.8) is 0 Å². The molecule has 0 aromatic carbocycles. The highest BCUT2D eigenvalue weighted by Gasteiger charge is 2.21. The van der Waals surface area contributed by atoms with Crippen LogP contribution in [0, 0.1) is 6.92 Å². The summed E-state index contributed by atoms with van der Waals surface area (Å²) < 4.78 is 0. The normalized spacial score (nSPS) is 20.0. The van der Waals surface area contributed by atoms with Gasteiger partial charge in [-0.3, -0.25) is 9.69 Å². The zero-order valence-electron chi connectivity index (χ0n) is 9.68. The van der Waals surface area contributed by atoms with Gasteiger partial charge in [0.1, 0.15) is 0 Å². The molecule has 0 radical (unpaired) electrons. The molecule has 1 atom stereocenters. The van der Waals surface area contributed by atoms with E-state index in [0.717, 1.165) is 25.2 Å². The summed E-state index contributed by atoms with van der Waals surface area (Å²) in [5.41, 5.74) is 6.71. The Morgan fingerprint density at radius 1 is 1.76 bits per heavy atom. The van der Waals surface area contributed by atoms with Gasteiger partial charge in [0.15, 0.2) is 5.13 Å². The lowest BCUT2D eigenvalue weighted by atomic mass is 10.3. The van der Waals surface area contributed by atoms with Crippen molar-refractivity contribution in [2.24, 2.45) is 5.73 Å².